The fourth-order valence-corrected chi connectivity index (χ4v) is 1.96. The summed E-state index contributed by atoms with van der Waals surface area (Å²) in [5.74, 6) is 0.814. The molecule has 2 nitrogen and oxygen atoms in total. The van der Waals surface area contributed by atoms with Crippen molar-refractivity contribution in [1.29, 1.82) is 0 Å². The van der Waals surface area contributed by atoms with Gasteiger partial charge in [-0.2, -0.15) is 0 Å². The molecule has 0 aliphatic heterocycles. The summed E-state index contributed by atoms with van der Waals surface area (Å²) in [5.41, 5.74) is 0. The number of oxime groups is 1. The summed E-state index contributed by atoms with van der Waals surface area (Å²) in [6.07, 6.45) is 8.59. The Kier molecular flexibility index (Phi) is 4.44. The third-order valence-electron chi connectivity index (χ3n) is 2.59. The molecule has 0 aromatic carbocycles. The molecule has 12 heavy (non-hydrogen) atoms. The predicted molar refractivity (Wildman–Crippen MR) is 50.9 cm³/mol. The van der Waals surface area contributed by atoms with E-state index in [1.54, 1.807) is 0 Å². The van der Waals surface area contributed by atoms with Crippen LogP contribution in [0.3, 0.4) is 0 Å². The van der Waals surface area contributed by atoms with Crippen LogP contribution in [0, 0.1) is 5.92 Å². The van der Waals surface area contributed by atoms with E-state index in [2.05, 4.69) is 5.16 Å². The van der Waals surface area contributed by atoms with E-state index in [4.69, 9.17) is 16.8 Å². The third-order valence-corrected chi connectivity index (χ3v) is 2.86. The van der Waals surface area contributed by atoms with Crippen LogP contribution in [0.5, 0.6) is 0 Å². The van der Waals surface area contributed by atoms with Crippen LogP contribution >= 0.6 is 11.6 Å². The van der Waals surface area contributed by atoms with Gasteiger partial charge in [-0.1, -0.05) is 48.9 Å². The molecular formula is C9H16ClNO. The second-order valence-electron chi connectivity index (χ2n) is 3.52. The molecule has 1 N–H and O–H groups in total. The lowest BCUT2D eigenvalue weighted by Crippen LogP contribution is -2.07. The second kappa shape index (κ2) is 5.41. The van der Waals surface area contributed by atoms with E-state index in [0.29, 0.717) is 5.17 Å². The van der Waals surface area contributed by atoms with Crippen LogP contribution in [0.15, 0.2) is 5.16 Å². The minimum Gasteiger partial charge on any atom is -0.410 e. The topological polar surface area (TPSA) is 32.6 Å². The first-order chi connectivity index (χ1) is 5.83. The summed E-state index contributed by atoms with van der Waals surface area (Å²) in [7, 11) is 0. The first-order valence-corrected chi connectivity index (χ1v) is 5.07. The standard InChI is InChI=1S/C9H16ClNO/c10-9(11-12)7-6-8-4-2-1-3-5-8/h8,12H,1-7H2/b11-9+. The Bertz CT molecular complexity index is 153. The molecule has 0 atom stereocenters. The summed E-state index contributed by atoms with van der Waals surface area (Å²) >= 11 is 5.58. The van der Waals surface area contributed by atoms with E-state index in [1.165, 1.54) is 32.1 Å². The lowest BCUT2D eigenvalue weighted by Gasteiger charge is -2.20. The van der Waals surface area contributed by atoms with Crippen LogP contribution in [0.2, 0.25) is 0 Å². The smallest absolute Gasteiger partial charge is 0.145 e. The molecule has 1 fully saturated rings. The van der Waals surface area contributed by atoms with Crippen molar-refractivity contribution < 1.29 is 5.21 Å². The highest BCUT2D eigenvalue weighted by atomic mass is 35.5. The van der Waals surface area contributed by atoms with E-state index >= 15 is 0 Å². The molecule has 1 aliphatic carbocycles. The van der Waals surface area contributed by atoms with Gasteiger partial charge in [-0.3, -0.25) is 0 Å². The molecule has 3 heteroatoms. The Balaban J connectivity index is 2.13. The van der Waals surface area contributed by atoms with Crippen molar-refractivity contribution in [3.8, 4) is 0 Å². The zero-order valence-electron chi connectivity index (χ0n) is 7.30. The lowest BCUT2D eigenvalue weighted by molar-refractivity contribution is 0.315. The van der Waals surface area contributed by atoms with Crippen LogP contribution < -0.4 is 0 Å². The van der Waals surface area contributed by atoms with Crippen LogP contribution in [-0.4, -0.2) is 10.4 Å². The van der Waals surface area contributed by atoms with Gasteiger partial charge in [0.25, 0.3) is 0 Å². The van der Waals surface area contributed by atoms with Gasteiger partial charge in [0.05, 0.1) is 0 Å². The predicted octanol–water partition coefficient (Wildman–Crippen LogP) is 3.37. The number of hydrogen-bond donors (Lipinski definition) is 1. The Morgan fingerprint density at radius 2 is 2.00 bits per heavy atom. The van der Waals surface area contributed by atoms with Crippen molar-refractivity contribution in [3.05, 3.63) is 0 Å². The van der Waals surface area contributed by atoms with Crippen LogP contribution in [-0.2, 0) is 0 Å². The second-order valence-corrected chi connectivity index (χ2v) is 3.96. The van der Waals surface area contributed by atoms with Crippen molar-refractivity contribution in [1.82, 2.24) is 0 Å². The molecular weight excluding hydrogens is 174 g/mol. The van der Waals surface area contributed by atoms with Gasteiger partial charge >= 0.3 is 0 Å². The Morgan fingerprint density at radius 3 is 2.58 bits per heavy atom. The van der Waals surface area contributed by atoms with E-state index in [1.807, 2.05) is 0 Å². The molecule has 70 valence electrons. The van der Waals surface area contributed by atoms with Gasteiger partial charge in [0, 0.05) is 6.42 Å². The van der Waals surface area contributed by atoms with E-state index in [0.717, 1.165) is 18.8 Å². The van der Waals surface area contributed by atoms with Crippen molar-refractivity contribution >= 4 is 16.8 Å². The highest BCUT2D eigenvalue weighted by Gasteiger charge is 2.13. The van der Waals surface area contributed by atoms with Gasteiger partial charge in [0.1, 0.15) is 5.17 Å². The van der Waals surface area contributed by atoms with Gasteiger partial charge in [-0.05, 0) is 12.3 Å². The molecule has 0 amide bonds. The fourth-order valence-electron chi connectivity index (χ4n) is 1.85. The molecule has 0 heterocycles. The van der Waals surface area contributed by atoms with Gasteiger partial charge in [-0.25, -0.2) is 0 Å². The van der Waals surface area contributed by atoms with Crippen molar-refractivity contribution in [2.45, 2.75) is 44.9 Å². The summed E-state index contributed by atoms with van der Waals surface area (Å²) in [6, 6.07) is 0. The minimum absolute atomic E-state index is 0.348. The van der Waals surface area contributed by atoms with Crippen LogP contribution in [0.1, 0.15) is 44.9 Å². The molecule has 0 bridgehead atoms. The SMILES string of the molecule is O/N=C(/Cl)CCC1CCCCC1. The Labute approximate surface area is 78.6 Å². The Hall–Kier alpha value is -0.240. The molecule has 1 aliphatic rings. The van der Waals surface area contributed by atoms with Gasteiger partial charge < -0.3 is 5.21 Å². The number of nitrogens with zero attached hydrogens (tertiary/aromatic N) is 1. The monoisotopic (exact) mass is 189 g/mol. The van der Waals surface area contributed by atoms with Crippen LogP contribution in [0.25, 0.3) is 0 Å². The average Bonchev–Trinajstić information content (AvgIpc) is 2.16. The molecule has 0 aromatic rings. The van der Waals surface area contributed by atoms with Crippen molar-refractivity contribution in [2.75, 3.05) is 0 Å². The van der Waals surface area contributed by atoms with Gasteiger partial charge in [0.2, 0.25) is 0 Å². The van der Waals surface area contributed by atoms with Crippen molar-refractivity contribution in [3.63, 3.8) is 0 Å². The fraction of sp³-hybridized carbons (Fsp3) is 0.889. The highest BCUT2D eigenvalue weighted by Crippen LogP contribution is 2.27. The molecule has 1 saturated carbocycles. The molecule has 1 rings (SSSR count). The quantitative estimate of drug-likeness (QED) is 0.412. The van der Waals surface area contributed by atoms with E-state index in [-0.39, 0.29) is 0 Å². The number of hydrogen-bond acceptors (Lipinski definition) is 2. The summed E-state index contributed by atoms with van der Waals surface area (Å²) in [6.45, 7) is 0. The van der Waals surface area contributed by atoms with Gasteiger partial charge in [0.15, 0.2) is 0 Å². The lowest BCUT2D eigenvalue weighted by atomic mass is 9.86. The van der Waals surface area contributed by atoms with Gasteiger partial charge in [-0.15, -0.1) is 0 Å². The van der Waals surface area contributed by atoms with Crippen LogP contribution in [0.4, 0.5) is 0 Å². The highest BCUT2D eigenvalue weighted by molar-refractivity contribution is 6.65. The summed E-state index contributed by atoms with van der Waals surface area (Å²) < 4.78 is 0. The third kappa shape index (κ3) is 3.44. The first-order valence-electron chi connectivity index (χ1n) is 4.69. The molecule has 0 spiro atoms. The summed E-state index contributed by atoms with van der Waals surface area (Å²) in [5, 5.41) is 11.6. The zero-order valence-corrected chi connectivity index (χ0v) is 8.06. The minimum atomic E-state index is 0.348. The van der Waals surface area contributed by atoms with E-state index < -0.39 is 0 Å². The van der Waals surface area contributed by atoms with Crippen molar-refractivity contribution in [2.24, 2.45) is 11.1 Å². The molecule has 0 radical (unpaired) electrons. The molecule has 0 aromatic heterocycles. The largest absolute Gasteiger partial charge is 0.410 e. The average molecular weight is 190 g/mol. The maximum atomic E-state index is 8.32. The first kappa shape index (κ1) is 9.85. The Morgan fingerprint density at radius 1 is 1.33 bits per heavy atom. The number of rotatable bonds is 3. The summed E-state index contributed by atoms with van der Waals surface area (Å²) in [4.78, 5) is 0. The normalized spacial score (nSPS) is 21.2. The van der Waals surface area contributed by atoms with E-state index in [9.17, 15) is 0 Å². The maximum Gasteiger partial charge on any atom is 0.145 e. The zero-order chi connectivity index (χ0) is 8.81. The maximum absolute atomic E-state index is 8.32. The molecule has 0 saturated heterocycles. The number of halogens is 1. The molecule has 0 unspecified atom stereocenters.